The molecule has 0 N–H and O–H groups in total. The van der Waals surface area contributed by atoms with Crippen molar-refractivity contribution in [1.29, 1.82) is 0 Å². The van der Waals surface area contributed by atoms with E-state index in [1.807, 2.05) is 12.1 Å². The first kappa shape index (κ1) is 56.5. The van der Waals surface area contributed by atoms with Crippen LogP contribution in [0.4, 0.5) is 34.1 Å². The fourth-order valence-electron chi connectivity index (χ4n) is 15.3. The summed E-state index contributed by atoms with van der Waals surface area (Å²) in [5, 5.41) is 14.4. The summed E-state index contributed by atoms with van der Waals surface area (Å²) in [5.74, 6) is 0. The maximum absolute atomic E-state index is 6.38. The number of para-hydroxylation sites is 4. The van der Waals surface area contributed by atoms with E-state index in [0.29, 0.717) is 0 Å². The second kappa shape index (κ2) is 22.8. The number of furan rings is 2. The van der Waals surface area contributed by atoms with Crippen molar-refractivity contribution >= 4 is 121 Å². The highest BCUT2D eigenvalue weighted by Gasteiger charge is 2.26. The van der Waals surface area contributed by atoms with Crippen molar-refractivity contribution in [3.05, 3.63) is 338 Å². The molecule has 16 aromatic carbocycles. The maximum atomic E-state index is 6.38. The molecule has 0 saturated carbocycles. The predicted molar refractivity (Wildman–Crippen MR) is 407 cm³/mol. The van der Waals surface area contributed by atoms with Gasteiger partial charge in [0.1, 0.15) is 22.3 Å². The van der Waals surface area contributed by atoms with Gasteiger partial charge >= 0.3 is 0 Å². The second-order valence-electron chi connectivity index (χ2n) is 25.7. The molecule has 4 heteroatoms. The molecule has 0 bridgehead atoms. The molecule has 0 radical (unpaired) electrons. The molecule has 0 aliphatic rings. The Balaban J connectivity index is 0.765. The monoisotopic (exact) mass is 1230 g/mol. The molecule has 0 fully saturated rings. The van der Waals surface area contributed by atoms with Crippen LogP contribution in [-0.2, 0) is 0 Å². The van der Waals surface area contributed by atoms with Gasteiger partial charge in [-0.15, -0.1) is 0 Å². The number of fused-ring (bicyclic) bond motifs is 12. The largest absolute Gasteiger partial charge is 0.456 e. The molecular weight excluding hydrogens is 1170 g/mol. The van der Waals surface area contributed by atoms with Crippen LogP contribution in [0.3, 0.4) is 0 Å². The van der Waals surface area contributed by atoms with Gasteiger partial charge in [0.15, 0.2) is 0 Å². The smallest absolute Gasteiger partial charge is 0.135 e. The van der Waals surface area contributed by atoms with Gasteiger partial charge in [0, 0.05) is 55.4 Å². The molecule has 0 spiro atoms. The van der Waals surface area contributed by atoms with Crippen LogP contribution in [-0.4, -0.2) is 0 Å². The quantitative estimate of drug-likeness (QED) is 0.121. The zero-order valence-corrected chi connectivity index (χ0v) is 53.7. The lowest BCUT2D eigenvalue weighted by Crippen LogP contribution is -2.14. The van der Waals surface area contributed by atoms with Crippen LogP contribution in [0.15, 0.2) is 324 Å². The molecule has 0 saturated heterocycles. The van der Waals surface area contributed by atoms with E-state index in [1.165, 1.54) is 65.3 Å². The zero-order valence-electron chi connectivity index (χ0n) is 53.7. The van der Waals surface area contributed by atoms with Crippen molar-refractivity contribution < 1.29 is 8.83 Å². The first-order chi connectivity index (χ1) is 47.2. The summed E-state index contributed by atoms with van der Waals surface area (Å²) < 4.78 is 12.8. The fraction of sp³-hybridized carbons (Fsp3) is 0.0435. The van der Waals surface area contributed by atoms with Crippen molar-refractivity contribution in [3.63, 3.8) is 0 Å². The van der Waals surface area contributed by atoms with Crippen LogP contribution in [0.25, 0.3) is 143 Å². The Morgan fingerprint density at radius 2 is 0.552 bits per heavy atom. The van der Waals surface area contributed by atoms with Gasteiger partial charge in [0.2, 0.25) is 0 Å². The average molecular weight is 1230 g/mol. The third-order valence-corrected chi connectivity index (χ3v) is 19.9. The van der Waals surface area contributed by atoms with E-state index in [4.69, 9.17) is 8.83 Å². The SMILES string of the molecule is Cc1cc(-c2ccc(N(c3ccc(-c4cc5ccccc5c5ccccc45)cc3)c3c(C)cccc3-c3ccc4oc5ccccc5c4c3)c(C)c2)ccc1N(c1ccc(-c2cc3ccccc3c3ccccc23)cc1)c1c(C)cccc1-c1ccc2oc3ccccc3c2c1. The van der Waals surface area contributed by atoms with Crippen molar-refractivity contribution in [2.24, 2.45) is 0 Å². The summed E-state index contributed by atoms with van der Waals surface area (Å²) >= 11 is 0. The van der Waals surface area contributed by atoms with Crippen molar-refractivity contribution in [2.75, 3.05) is 9.80 Å². The number of anilines is 6. The van der Waals surface area contributed by atoms with Gasteiger partial charge in [-0.2, -0.15) is 0 Å². The topological polar surface area (TPSA) is 32.8 Å². The molecule has 18 aromatic rings. The molecule has 0 aliphatic carbocycles. The van der Waals surface area contributed by atoms with E-state index in [-0.39, 0.29) is 0 Å². The average Bonchev–Trinajstić information content (AvgIpc) is 0.912. The molecule has 2 aromatic heterocycles. The van der Waals surface area contributed by atoms with Crippen LogP contribution in [0, 0.1) is 27.7 Å². The molecule has 0 aliphatic heterocycles. The van der Waals surface area contributed by atoms with Gasteiger partial charge in [0.25, 0.3) is 0 Å². The lowest BCUT2D eigenvalue weighted by molar-refractivity contribution is 0.668. The Bertz CT molecular complexity index is 5770. The van der Waals surface area contributed by atoms with Gasteiger partial charge in [0.05, 0.1) is 11.4 Å². The number of aryl methyl sites for hydroxylation is 4. The summed E-state index contributed by atoms with van der Waals surface area (Å²) in [6.45, 7) is 9.01. The minimum Gasteiger partial charge on any atom is -0.456 e. The molecule has 0 unspecified atom stereocenters. The van der Waals surface area contributed by atoms with Gasteiger partial charge < -0.3 is 18.6 Å². The molecular formula is C92H64N2O2. The van der Waals surface area contributed by atoms with Crippen molar-refractivity contribution in [2.45, 2.75) is 27.7 Å². The van der Waals surface area contributed by atoms with Crippen LogP contribution >= 0.6 is 0 Å². The molecule has 0 atom stereocenters. The lowest BCUT2D eigenvalue weighted by Gasteiger charge is -2.32. The van der Waals surface area contributed by atoms with Crippen LogP contribution in [0.1, 0.15) is 22.3 Å². The van der Waals surface area contributed by atoms with E-state index in [0.717, 1.165) is 134 Å². The summed E-state index contributed by atoms with van der Waals surface area (Å²) in [4.78, 5) is 4.96. The lowest BCUT2D eigenvalue weighted by atomic mass is 9.92. The number of hydrogen-bond donors (Lipinski definition) is 0. The molecule has 18 rings (SSSR count). The summed E-state index contributed by atoms with van der Waals surface area (Å²) in [6, 6.07) is 116. The van der Waals surface area contributed by atoms with Gasteiger partial charge in [-0.05, 0) is 235 Å². The standard InChI is InChI=1S/C92H64N2O2/c1-57-19-17-31-73(67-41-49-89-83(55-67)79-29-13-15-33-87(79)95-89)91(57)93(69-43-35-61(36-44-69)81-53-65-21-5-7-23-71(65)75-25-9-11-27-77(75)81)85-47-39-63(51-59(85)3)64-40-48-86(60(4)52-64)94(70-45-37-62(38-46-70)82-54-66-22-6-8-24-72(66)76-26-10-12-28-78(76)82)92-58(2)20-18-32-74(92)68-42-50-90-84(56-68)80-30-14-16-34-88(80)96-90/h5-56H,1-4H3. The van der Waals surface area contributed by atoms with E-state index in [1.54, 1.807) is 0 Å². The second-order valence-corrected chi connectivity index (χ2v) is 25.7. The number of rotatable bonds is 11. The zero-order chi connectivity index (χ0) is 64.1. The minimum absolute atomic E-state index is 0.878. The number of nitrogens with zero attached hydrogens (tertiary/aromatic N) is 2. The first-order valence-electron chi connectivity index (χ1n) is 33.1. The summed E-state index contributed by atoms with van der Waals surface area (Å²) in [6.07, 6.45) is 0. The van der Waals surface area contributed by atoms with E-state index in [9.17, 15) is 0 Å². The fourth-order valence-corrected chi connectivity index (χ4v) is 15.3. The van der Waals surface area contributed by atoms with E-state index in [2.05, 4.69) is 341 Å². The Morgan fingerprint density at radius 3 is 0.969 bits per heavy atom. The molecule has 0 amide bonds. The third-order valence-electron chi connectivity index (χ3n) is 19.9. The summed E-state index contributed by atoms with van der Waals surface area (Å²) in [7, 11) is 0. The molecule has 4 nitrogen and oxygen atoms in total. The van der Waals surface area contributed by atoms with E-state index < -0.39 is 0 Å². The molecule has 2 heterocycles. The Labute approximate surface area is 557 Å². The number of hydrogen-bond acceptors (Lipinski definition) is 4. The number of benzene rings is 16. The van der Waals surface area contributed by atoms with Crippen molar-refractivity contribution in [3.8, 4) is 55.6 Å². The highest BCUT2D eigenvalue weighted by Crippen LogP contribution is 2.50. The molecule has 454 valence electrons. The van der Waals surface area contributed by atoms with Crippen LogP contribution < -0.4 is 9.80 Å². The van der Waals surface area contributed by atoms with Crippen LogP contribution in [0.2, 0.25) is 0 Å². The highest BCUT2D eigenvalue weighted by atomic mass is 16.3. The third kappa shape index (κ3) is 9.43. The van der Waals surface area contributed by atoms with Gasteiger partial charge in [-0.1, -0.05) is 218 Å². The summed E-state index contributed by atoms with van der Waals surface area (Å²) in [5.41, 5.74) is 26.3. The minimum atomic E-state index is 0.878. The van der Waals surface area contributed by atoms with E-state index >= 15 is 0 Å². The van der Waals surface area contributed by atoms with Gasteiger partial charge in [-0.25, -0.2) is 0 Å². The normalized spacial score (nSPS) is 11.8. The van der Waals surface area contributed by atoms with Crippen molar-refractivity contribution in [1.82, 2.24) is 0 Å². The Morgan fingerprint density at radius 1 is 0.208 bits per heavy atom. The predicted octanol–water partition coefficient (Wildman–Crippen LogP) is 26.6. The highest BCUT2D eigenvalue weighted by molar-refractivity contribution is 6.16. The van der Waals surface area contributed by atoms with Gasteiger partial charge in [-0.3, -0.25) is 0 Å². The van der Waals surface area contributed by atoms with Crippen LogP contribution in [0.5, 0.6) is 0 Å². The maximum Gasteiger partial charge on any atom is 0.135 e. The molecule has 96 heavy (non-hydrogen) atoms. The Kier molecular flexibility index (Phi) is 13.4. The Hall–Kier alpha value is -12.2. The first-order valence-corrected chi connectivity index (χ1v) is 33.1.